The van der Waals surface area contributed by atoms with Gasteiger partial charge in [-0.2, -0.15) is 5.10 Å². The zero-order valence-corrected chi connectivity index (χ0v) is 22.7. The first kappa shape index (κ1) is 27.3. The van der Waals surface area contributed by atoms with Crippen molar-refractivity contribution in [2.75, 3.05) is 17.2 Å². The molecule has 0 spiro atoms. The number of alkyl halides is 1. The third-order valence-corrected chi connectivity index (χ3v) is 7.90. The lowest BCUT2D eigenvalue weighted by atomic mass is 9.93. The van der Waals surface area contributed by atoms with E-state index in [-0.39, 0.29) is 54.7 Å². The van der Waals surface area contributed by atoms with Crippen LogP contribution in [0.4, 0.5) is 20.2 Å². The van der Waals surface area contributed by atoms with Crippen molar-refractivity contribution in [3.8, 4) is 11.1 Å². The van der Waals surface area contributed by atoms with E-state index in [2.05, 4.69) is 15.7 Å². The smallest absolute Gasteiger partial charge is 0.269 e. The van der Waals surface area contributed by atoms with Crippen LogP contribution in [0.5, 0.6) is 0 Å². The molecule has 12 heteroatoms. The quantitative estimate of drug-likeness (QED) is 0.415. The van der Waals surface area contributed by atoms with Crippen LogP contribution in [0.25, 0.3) is 17.2 Å². The fourth-order valence-corrected chi connectivity index (χ4v) is 5.84. The summed E-state index contributed by atoms with van der Waals surface area (Å²) in [7, 11) is 0. The highest BCUT2D eigenvalue weighted by molar-refractivity contribution is 6.01. The average Bonchev–Trinajstić information content (AvgIpc) is 3.63. The molecule has 4 N–H and O–H groups in total. The summed E-state index contributed by atoms with van der Waals surface area (Å²) in [5.74, 6) is -2.70. The van der Waals surface area contributed by atoms with Gasteiger partial charge in [-0.1, -0.05) is 37.3 Å². The number of amides is 4. The monoisotopic (exact) mass is 574 g/mol. The lowest BCUT2D eigenvalue weighted by Crippen LogP contribution is -2.44. The Balaban J connectivity index is 1.21. The van der Waals surface area contributed by atoms with Gasteiger partial charge in [-0.15, -0.1) is 0 Å². The van der Waals surface area contributed by atoms with Gasteiger partial charge in [-0.25, -0.2) is 8.78 Å². The van der Waals surface area contributed by atoms with Crippen LogP contribution in [0, 0.1) is 11.7 Å². The van der Waals surface area contributed by atoms with E-state index >= 15 is 4.39 Å². The lowest BCUT2D eigenvalue weighted by Gasteiger charge is -2.24. The molecule has 3 atom stereocenters. The van der Waals surface area contributed by atoms with Crippen LogP contribution < -0.4 is 16.4 Å². The van der Waals surface area contributed by atoms with Crippen LogP contribution in [-0.2, 0) is 33.8 Å². The Bertz CT molecular complexity index is 1680. The predicted molar refractivity (Wildman–Crippen MR) is 150 cm³/mol. The molecule has 6 rings (SSSR count). The number of primary amides is 1. The highest BCUT2D eigenvalue weighted by Crippen LogP contribution is 2.33. The standard InChI is InChI=1S/C30H28F2N6O4/c1-15-5-8-23-20(9-15)28(29(33)41)36-38(23)14-26(40)37-13-18(31)12-24(37)30(42)35-21-4-2-3-19(27(21)32)16-6-7-17-11-25(39)34-22(17)10-16/h2-8,10,15,18,24H,9,11-14H2,1H3,(H2,33,41)(H,34,39)(H,35,42)/t15?,18-,24+/m1/s1. The number of rotatable bonds is 6. The molecule has 0 bridgehead atoms. The van der Waals surface area contributed by atoms with Gasteiger partial charge < -0.3 is 21.3 Å². The predicted octanol–water partition coefficient (Wildman–Crippen LogP) is 3.07. The lowest BCUT2D eigenvalue weighted by molar-refractivity contribution is -0.137. The number of carbonyl (C=O) groups excluding carboxylic acids is 4. The molecule has 42 heavy (non-hydrogen) atoms. The fraction of sp³-hybridized carbons (Fsp3) is 0.300. The maximum absolute atomic E-state index is 15.6. The summed E-state index contributed by atoms with van der Waals surface area (Å²) >= 11 is 0. The molecule has 1 unspecified atom stereocenters. The molecule has 10 nitrogen and oxygen atoms in total. The van der Waals surface area contributed by atoms with Crippen molar-refractivity contribution in [1.82, 2.24) is 14.7 Å². The van der Waals surface area contributed by atoms with Crippen molar-refractivity contribution in [2.24, 2.45) is 11.7 Å². The molecule has 0 saturated carbocycles. The van der Waals surface area contributed by atoms with Crippen LogP contribution in [-0.4, -0.2) is 57.1 Å². The minimum Gasteiger partial charge on any atom is -0.364 e. The Hall–Kier alpha value is -4.87. The van der Waals surface area contributed by atoms with Crippen molar-refractivity contribution in [3.63, 3.8) is 0 Å². The topological polar surface area (TPSA) is 139 Å². The van der Waals surface area contributed by atoms with Crippen molar-refractivity contribution >= 4 is 41.1 Å². The number of aromatic nitrogens is 2. The molecule has 2 aromatic carbocycles. The number of hydrogen-bond acceptors (Lipinski definition) is 5. The molecule has 216 valence electrons. The number of nitrogens with one attached hydrogen (secondary N) is 2. The second-order valence-corrected chi connectivity index (χ2v) is 10.9. The summed E-state index contributed by atoms with van der Waals surface area (Å²) in [5, 5.41) is 9.51. The normalized spacial score (nSPS) is 20.7. The first-order chi connectivity index (χ1) is 20.1. The third-order valence-electron chi connectivity index (χ3n) is 7.90. The largest absolute Gasteiger partial charge is 0.364 e. The summed E-state index contributed by atoms with van der Waals surface area (Å²) in [6.45, 7) is 1.34. The van der Waals surface area contributed by atoms with Crippen molar-refractivity contribution < 1.29 is 28.0 Å². The van der Waals surface area contributed by atoms with Crippen LogP contribution in [0.3, 0.4) is 0 Å². The van der Waals surface area contributed by atoms with Crippen molar-refractivity contribution in [1.29, 1.82) is 0 Å². The molecule has 1 aliphatic carbocycles. The number of carbonyl (C=O) groups is 4. The zero-order valence-electron chi connectivity index (χ0n) is 22.7. The fourth-order valence-electron chi connectivity index (χ4n) is 5.84. The SMILES string of the molecule is CC1C=Cc2c(c(C(N)=O)nn2CC(=O)N2C[C@H](F)C[C@H]2C(=O)Nc2cccc(-c3ccc4c(c3)NC(=O)C4)c2F)C1. The van der Waals surface area contributed by atoms with Gasteiger partial charge in [0.2, 0.25) is 17.7 Å². The van der Waals surface area contributed by atoms with Gasteiger partial charge in [0.1, 0.15) is 18.8 Å². The molecule has 1 saturated heterocycles. The Morgan fingerprint density at radius 2 is 2.02 bits per heavy atom. The number of nitrogens with two attached hydrogens (primary N) is 1. The van der Waals surface area contributed by atoms with E-state index in [0.717, 1.165) is 10.5 Å². The molecule has 1 fully saturated rings. The first-order valence-corrected chi connectivity index (χ1v) is 13.6. The molecule has 1 aromatic heterocycles. The van der Waals surface area contributed by atoms with Gasteiger partial charge in [-0.05, 0) is 41.7 Å². The number of hydrogen-bond donors (Lipinski definition) is 3. The average molecular weight is 575 g/mol. The second kappa shape index (κ2) is 10.5. The van der Waals surface area contributed by atoms with Crippen LogP contribution in [0.1, 0.15) is 40.7 Å². The van der Waals surface area contributed by atoms with Crippen molar-refractivity contribution in [2.45, 2.75) is 44.9 Å². The van der Waals surface area contributed by atoms with E-state index in [4.69, 9.17) is 5.73 Å². The van der Waals surface area contributed by atoms with E-state index in [1.165, 1.54) is 10.7 Å². The van der Waals surface area contributed by atoms with Gasteiger partial charge in [0.05, 0.1) is 24.3 Å². The minimum atomic E-state index is -1.45. The molecular weight excluding hydrogens is 546 g/mol. The van der Waals surface area contributed by atoms with E-state index < -0.39 is 35.8 Å². The summed E-state index contributed by atoms with van der Waals surface area (Å²) in [4.78, 5) is 51.5. The van der Waals surface area contributed by atoms with Crippen LogP contribution in [0.15, 0.2) is 42.5 Å². The first-order valence-electron chi connectivity index (χ1n) is 13.6. The highest BCUT2D eigenvalue weighted by atomic mass is 19.1. The third kappa shape index (κ3) is 4.93. The maximum atomic E-state index is 15.6. The van der Waals surface area contributed by atoms with Crippen LogP contribution in [0.2, 0.25) is 0 Å². The van der Waals surface area contributed by atoms with Gasteiger partial charge >= 0.3 is 0 Å². The number of likely N-dealkylation sites (tertiary alicyclic amines) is 1. The summed E-state index contributed by atoms with van der Waals surface area (Å²) in [6.07, 6.45) is 2.80. The summed E-state index contributed by atoms with van der Waals surface area (Å²) in [5.41, 5.74) is 8.80. The second-order valence-electron chi connectivity index (χ2n) is 10.9. The molecule has 3 heterocycles. The Morgan fingerprint density at radius 1 is 1.21 bits per heavy atom. The molecule has 3 aliphatic rings. The van der Waals surface area contributed by atoms with Gasteiger partial charge in [0.25, 0.3) is 5.91 Å². The highest BCUT2D eigenvalue weighted by Gasteiger charge is 2.40. The Labute approximate surface area is 239 Å². The van der Waals surface area contributed by atoms with E-state index in [0.29, 0.717) is 28.9 Å². The number of halogens is 2. The summed E-state index contributed by atoms with van der Waals surface area (Å²) in [6, 6.07) is 8.44. The van der Waals surface area contributed by atoms with Crippen molar-refractivity contribution in [3.05, 3.63) is 70.8 Å². The van der Waals surface area contributed by atoms with Gasteiger partial charge in [-0.3, -0.25) is 23.9 Å². The van der Waals surface area contributed by atoms with E-state index in [1.54, 1.807) is 36.4 Å². The molecule has 4 amide bonds. The molecular formula is C30H28F2N6O4. The Kier molecular flexibility index (Phi) is 6.83. The zero-order chi connectivity index (χ0) is 29.7. The van der Waals surface area contributed by atoms with Crippen LogP contribution >= 0.6 is 0 Å². The number of benzene rings is 2. The maximum Gasteiger partial charge on any atom is 0.269 e. The Morgan fingerprint density at radius 3 is 2.81 bits per heavy atom. The van der Waals surface area contributed by atoms with Gasteiger partial charge in [0, 0.05) is 23.2 Å². The number of fused-ring (bicyclic) bond motifs is 2. The number of nitrogens with zero attached hydrogens (tertiary/aromatic N) is 3. The molecule has 2 aliphatic heterocycles. The molecule has 3 aromatic rings. The van der Waals surface area contributed by atoms with E-state index in [1.807, 2.05) is 13.0 Å². The number of allylic oxidation sites excluding steroid dienone is 1. The number of anilines is 2. The van der Waals surface area contributed by atoms with E-state index in [9.17, 15) is 23.6 Å². The summed E-state index contributed by atoms with van der Waals surface area (Å²) < 4.78 is 31.5. The molecule has 0 radical (unpaired) electrons. The minimum absolute atomic E-state index is 0.0780. The van der Waals surface area contributed by atoms with Gasteiger partial charge in [0.15, 0.2) is 11.5 Å².